The van der Waals surface area contributed by atoms with Crippen LogP contribution < -0.4 is 4.74 Å². The molecule has 1 aromatic heterocycles. The van der Waals surface area contributed by atoms with Crippen LogP contribution in [0.3, 0.4) is 0 Å². The van der Waals surface area contributed by atoms with E-state index in [-0.39, 0.29) is 5.92 Å². The van der Waals surface area contributed by atoms with Crippen molar-refractivity contribution in [1.29, 1.82) is 0 Å². The summed E-state index contributed by atoms with van der Waals surface area (Å²) in [6.07, 6.45) is 1.12. The van der Waals surface area contributed by atoms with Crippen LogP contribution in [0.4, 0.5) is 0 Å². The first kappa shape index (κ1) is 10.4. The van der Waals surface area contributed by atoms with E-state index < -0.39 is 6.10 Å². The van der Waals surface area contributed by atoms with Crippen molar-refractivity contribution in [2.45, 2.75) is 12.0 Å². The lowest BCUT2D eigenvalue weighted by Gasteiger charge is -2.17. The first-order chi connectivity index (χ1) is 8.27. The van der Waals surface area contributed by atoms with Gasteiger partial charge in [-0.25, -0.2) is 0 Å². The molecule has 3 rings (SSSR count). The molecule has 4 heteroatoms. The Kier molecular flexibility index (Phi) is 2.37. The maximum Gasteiger partial charge on any atom is 0.123 e. The number of hydrogen-bond donors (Lipinski definition) is 1. The van der Waals surface area contributed by atoms with E-state index in [4.69, 9.17) is 4.74 Å². The van der Waals surface area contributed by atoms with Crippen molar-refractivity contribution in [2.75, 3.05) is 6.61 Å². The lowest BCUT2D eigenvalue weighted by Crippen LogP contribution is -2.15. The predicted molar refractivity (Wildman–Crippen MR) is 62.8 cm³/mol. The Balaban J connectivity index is 1.95. The summed E-state index contributed by atoms with van der Waals surface area (Å²) in [6.45, 7) is 0.520. The molecule has 1 aliphatic rings. The number of fused-ring (bicyclic) bond motifs is 1. The molecule has 0 radical (unpaired) electrons. The maximum atomic E-state index is 10.4. The summed E-state index contributed by atoms with van der Waals surface area (Å²) in [5.41, 5.74) is 1.89. The Morgan fingerprint density at radius 1 is 1.41 bits per heavy atom. The van der Waals surface area contributed by atoms with Crippen LogP contribution in [0.2, 0.25) is 0 Å². The van der Waals surface area contributed by atoms with E-state index in [1.165, 1.54) is 0 Å². The van der Waals surface area contributed by atoms with Crippen molar-refractivity contribution >= 4 is 0 Å². The standard InChI is InChI=1S/C13H14N2O2/c1-15-11(6-7-14-15)13(16)10-8-17-12-5-3-2-4-9(10)12/h2-7,10,13,16H,8H2,1H3. The second-order valence-corrected chi connectivity index (χ2v) is 4.28. The molecule has 2 unspecified atom stereocenters. The van der Waals surface area contributed by atoms with Crippen LogP contribution in [0, 0.1) is 0 Å². The van der Waals surface area contributed by atoms with E-state index in [0.717, 1.165) is 17.0 Å². The fraction of sp³-hybridized carbons (Fsp3) is 0.308. The quantitative estimate of drug-likeness (QED) is 0.853. The Hall–Kier alpha value is -1.81. The van der Waals surface area contributed by atoms with Crippen molar-refractivity contribution in [3.8, 4) is 5.75 Å². The van der Waals surface area contributed by atoms with Crippen LogP contribution in [0.15, 0.2) is 36.5 Å². The highest BCUT2D eigenvalue weighted by molar-refractivity contribution is 5.41. The minimum atomic E-state index is -0.578. The third-order valence-electron chi connectivity index (χ3n) is 3.28. The molecule has 0 bridgehead atoms. The molecule has 1 aliphatic heterocycles. The van der Waals surface area contributed by atoms with Crippen LogP contribution in [-0.4, -0.2) is 21.5 Å². The van der Waals surface area contributed by atoms with E-state index in [2.05, 4.69) is 5.10 Å². The van der Waals surface area contributed by atoms with Crippen molar-refractivity contribution in [3.05, 3.63) is 47.8 Å². The summed E-state index contributed by atoms with van der Waals surface area (Å²) in [6, 6.07) is 9.69. The number of nitrogens with zero attached hydrogens (tertiary/aromatic N) is 2. The molecule has 17 heavy (non-hydrogen) atoms. The molecule has 2 heterocycles. The van der Waals surface area contributed by atoms with Crippen LogP contribution in [0.25, 0.3) is 0 Å². The fourth-order valence-electron chi connectivity index (χ4n) is 2.33. The van der Waals surface area contributed by atoms with Gasteiger partial charge in [-0.3, -0.25) is 4.68 Å². The first-order valence-electron chi connectivity index (χ1n) is 5.65. The van der Waals surface area contributed by atoms with Gasteiger partial charge in [0.15, 0.2) is 0 Å². The summed E-state index contributed by atoms with van der Waals surface area (Å²) in [4.78, 5) is 0. The topological polar surface area (TPSA) is 47.3 Å². The number of aliphatic hydroxyl groups is 1. The predicted octanol–water partition coefficient (Wildman–Crippen LogP) is 1.63. The van der Waals surface area contributed by atoms with Crippen LogP contribution in [0.1, 0.15) is 23.3 Å². The van der Waals surface area contributed by atoms with Gasteiger partial charge in [-0.1, -0.05) is 18.2 Å². The molecule has 88 valence electrons. The average molecular weight is 230 g/mol. The van der Waals surface area contributed by atoms with Gasteiger partial charge in [0.05, 0.1) is 18.2 Å². The van der Waals surface area contributed by atoms with Gasteiger partial charge < -0.3 is 9.84 Å². The minimum Gasteiger partial charge on any atom is -0.493 e. The summed E-state index contributed by atoms with van der Waals surface area (Å²) in [5.74, 6) is 0.861. The highest BCUT2D eigenvalue weighted by Crippen LogP contribution is 2.40. The number of para-hydroxylation sites is 1. The summed E-state index contributed by atoms with van der Waals surface area (Å²) in [5, 5.41) is 14.5. The second kappa shape index (κ2) is 3.89. The lowest BCUT2D eigenvalue weighted by molar-refractivity contribution is 0.122. The number of ether oxygens (including phenoxy) is 1. The van der Waals surface area contributed by atoms with Crippen LogP contribution >= 0.6 is 0 Å². The van der Waals surface area contributed by atoms with E-state index >= 15 is 0 Å². The van der Waals surface area contributed by atoms with Gasteiger partial charge in [0.1, 0.15) is 11.9 Å². The highest BCUT2D eigenvalue weighted by atomic mass is 16.5. The molecule has 1 aromatic carbocycles. The van der Waals surface area contributed by atoms with E-state index in [1.807, 2.05) is 37.4 Å². The van der Waals surface area contributed by atoms with Crippen molar-refractivity contribution < 1.29 is 9.84 Å². The zero-order valence-corrected chi connectivity index (χ0v) is 9.58. The molecule has 1 N–H and O–H groups in total. The summed E-state index contributed by atoms with van der Waals surface area (Å²) in [7, 11) is 1.83. The molecule has 0 aliphatic carbocycles. The molecule has 0 amide bonds. The number of hydrogen-bond acceptors (Lipinski definition) is 3. The molecule has 0 saturated heterocycles. The maximum absolute atomic E-state index is 10.4. The summed E-state index contributed by atoms with van der Waals surface area (Å²) < 4.78 is 7.28. The Morgan fingerprint density at radius 2 is 2.24 bits per heavy atom. The summed E-state index contributed by atoms with van der Waals surface area (Å²) >= 11 is 0. The van der Waals surface area contributed by atoms with Crippen LogP contribution in [-0.2, 0) is 7.05 Å². The monoisotopic (exact) mass is 230 g/mol. The van der Waals surface area contributed by atoms with Gasteiger partial charge in [0, 0.05) is 18.8 Å². The van der Waals surface area contributed by atoms with Crippen molar-refractivity contribution in [1.82, 2.24) is 9.78 Å². The molecule has 0 fully saturated rings. The van der Waals surface area contributed by atoms with E-state index in [9.17, 15) is 5.11 Å². The van der Waals surface area contributed by atoms with E-state index in [0.29, 0.717) is 6.61 Å². The number of aryl methyl sites for hydroxylation is 1. The number of aliphatic hydroxyl groups excluding tert-OH is 1. The Bertz CT molecular complexity index is 536. The van der Waals surface area contributed by atoms with Gasteiger partial charge in [-0.2, -0.15) is 5.10 Å². The SMILES string of the molecule is Cn1nccc1C(O)C1COc2ccccc21. The smallest absolute Gasteiger partial charge is 0.123 e. The number of rotatable bonds is 2. The van der Waals surface area contributed by atoms with Gasteiger partial charge in [0.2, 0.25) is 0 Å². The fourth-order valence-corrected chi connectivity index (χ4v) is 2.33. The largest absolute Gasteiger partial charge is 0.493 e. The van der Waals surface area contributed by atoms with Crippen molar-refractivity contribution in [2.24, 2.45) is 7.05 Å². The molecular formula is C13H14N2O2. The third kappa shape index (κ3) is 1.61. The third-order valence-corrected chi connectivity index (χ3v) is 3.28. The first-order valence-corrected chi connectivity index (χ1v) is 5.65. The zero-order valence-electron chi connectivity index (χ0n) is 9.58. The van der Waals surface area contributed by atoms with Gasteiger partial charge in [0.25, 0.3) is 0 Å². The normalized spacial score (nSPS) is 19.8. The molecular weight excluding hydrogens is 216 g/mol. The second-order valence-electron chi connectivity index (χ2n) is 4.28. The number of benzene rings is 1. The lowest BCUT2D eigenvalue weighted by atomic mass is 9.93. The molecule has 4 nitrogen and oxygen atoms in total. The number of aromatic nitrogens is 2. The Morgan fingerprint density at radius 3 is 3.00 bits per heavy atom. The molecule has 0 spiro atoms. The van der Waals surface area contributed by atoms with Gasteiger partial charge in [-0.05, 0) is 12.1 Å². The molecule has 0 saturated carbocycles. The van der Waals surface area contributed by atoms with Crippen LogP contribution in [0.5, 0.6) is 5.75 Å². The minimum absolute atomic E-state index is 0.0124. The average Bonchev–Trinajstić information content (AvgIpc) is 2.94. The van der Waals surface area contributed by atoms with Gasteiger partial charge in [-0.15, -0.1) is 0 Å². The van der Waals surface area contributed by atoms with E-state index in [1.54, 1.807) is 10.9 Å². The highest BCUT2D eigenvalue weighted by Gasteiger charge is 2.32. The molecule has 2 atom stereocenters. The van der Waals surface area contributed by atoms with Gasteiger partial charge >= 0.3 is 0 Å². The van der Waals surface area contributed by atoms with Crippen molar-refractivity contribution in [3.63, 3.8) is 0 Å². The Labute approximate surface area is 99.5 Å². The molecule has 2 aromatic rings. The zero-order chi connectivity index (χ0) is 11.8.